The summed E-state index contributed by atoms with van der Waals surface area (Å²) in [5, 5.41) is 8.04. The van der Waals surface area contributed by atoms with E-state index in [1.54, 1.807) is 14.2 Å². The zero-order chi connectivity index (χ0) is 22.2. The standard InChI is InChI=1S/C23H36N6O2.HI/c1-18-15-19(2)29(26-18)10-6-9-25-23(24-3)28-13-11-27(12-14-28)17-20-16-21(30-4)7-8-22(20)31-5;/h7-8,15-16H,6,9-14,17H2,1-5H3,(H,24,25);1H. The van der Waals surface area contributed by atoms with Crippen LogP contribution in [0.15, 0.2) is 29.3 Å². The summed E-state index contributed by atoms with van der Waals surface area (Å²) in [6.07, 6.45) is 1.01. The smallest absolute Gasteiger partial charge is 0.193 e. The minimum Gasteiger partial charge on any atom is -0.497 e. The third kappa shape index (κ3) is 6.99. The van der Waals surface area contributed by atoms with Crippen LogP contribution in [0.2, 0.25) is 0 Å². The van der Waals surface area contributed by atoms with E-state index in [9.17, 15) is 0 Å². The van der Waals surface area contributed by atoms with Gasteiger partial charge in [-0.25, -0.2) is 0 Å². The van der Waals surface area contributed by atoms with Gasteiger partial charge < -0.3 is 19.7 Å². The van der Waals surface area contributed by atoms with Gasteiger partial charge in [0.25, 0.3) is 0 Å². The van der Waals surface area contributed by atoms with Crippen LogP contribution in [0.25, 0.3) is 0 Å². The molecule has 0 radical (unpaired) electrons. The number of benzene rings is 1. The Labute approximate surface area is 209 Å². The molecule has 0 bridgehead atoms. The largest absolute Gasteiger partial charge is 0.497 e. The Bertz CT molecular complexity index is 877. The molecule has 0 spiro atoms. The van der Waals surface area contributed by atoms with E-state index in [-0.39, 0.29) is 24.0 Å². The van der Waals surface area contributed by atoms with Crippen LogP contribution in [0.1, 0.15) is 23.4 Å². The number of halogens is 1. The number of rotatable bonds is 8. The summed E-state index contributed by atoms with van der Waals surface area (Å²) in [5.74, 6) is 2.75. The molecule has 8 nitrogen and oxygen atoms in total. The maximum absolute atomic E-state index is 5.53. The van der Waals surface area contributed by atoms with E-state index in [1.165, 1.54) is 5.69 Å². The van der Waals surface area contributed by atoms with Crippen LogP contribution < -0.4 is 14.8 Å². The second-order valence-electron chi connectivity index (χ2n) is 7.92. The van der Waals surface area contributed by atoms with Gasteiger partial charge >= 0.3 is 0 Å². The Morgan fingerprint density at radius 1 is 1.09 bits per heavy atom. The number of nitrogens with one attached hydrogen (secondary N) is 1. The molecule has 9 heteroatoms. The van der Waals surface area contributed by atoms with Crippen LogP contribution in [0.5, 0.6) is 11.5 Å². The number of aromatic nitrogens is 2. The number of piperazine rings is 1. The zero-order valence-electron chi connectivity index (χ0n) is 19.9. The number of aryl methyl sites for hydroxylation is 3. The van der Waals surface area contributed by atoms with E-state index in [4.69, 9.17) is 9.47 Å². The van der Waals surface area contributed by atoms with E-state index in [1.807, 2.05) is 26.1 Å². The fourth-order valence-corrected chi connectivity index (χ4v) is 4.03. The normalized spacial score (nSPS) is 14.8. The van der Waals surface area contributed by atoms with E-state index < -0.39 is 0 Å². The molecule has 1 fully saturated rings. The summed E-state index contributed by atoms with van der Waals surface area (Å²) < 4.78 is 13.0. The van der Waals surface area contributed by atoms with Crippen LogP contribution in [-0.2, 0) is 13.1 Å². The number of methoxy groups -OCH3 is 2. The Morgan fingerprint density at radius 3 is 2.44 bits per heavy atom. The Kier molecular flexibility index (Phi) is 10.6. The van der Waals surface area contributed by atoms with Gasteiger partial charge in [-0.15, -0.1) is 24.0 Å². The van der Waals surface area contributed by atoms with E-state index >= 15 is 0 Å². The lowest BCUT2D eigenvalue weighted by Crippen LogP contribution is -2.52. The number of nitrogens with zero attached hydrogens (tertiary/aromatic N) is 5. The molecule has 1 aromatic heterocycles. The van der Waals surface area contributed by atoms with Crippen LogP contribution in [0.3, 0.4) is 0 Å². The van der Waals surface area contributed by atoms with Gasteiger partial charge in [0.15, 0.2) is 5.96 Å². The van der Waals surface area contributed by atoms with Crippen molar-refractivity contribution < 1.29 is 9.47 Å². The first-order valence-electron chi connectivity index (χ1n) is 10.9. The first-order chi connectivity index (χ1) is 15.0. The maximum atomic E-state index is 5.53. The van der Waals surface area contributed by atoms with Crippen LogP contribution >= 0.6 is 24.0 Å². The lowest BCUT2D eigenvalue weighted by atomic mass is 10.1. The van der Waals surface area contributed by atoms with Crippen LogP contribution in [-0.4, -0.2) is 79.5 Å². The maximum Gasteiger partial charge on any atom is 0.193 e. The molecule has 32 heavy (non-hydrogen) atoms. The summed E-state index contributed by atoms with van der Waals surface area (Å²) >= 11 is 0. The van der Waals surface area contributed by atoms with Crippen molar-refractivity contribution in [2.24, 2.45) is 4.99 Å². The third-order valence-electron chi connectivity index (χ3n) is 5.70. The van der Waals surface area contributed by atoms with Crippen molar-refractivity contribution in [2.75, 3.05) is 54.0 Å². The molecule has 3 rings (SSSR count). The quantitative estimate of drug-likeness (QED) is 0.234. The van der Waals surface area contributed by atoms with Gasteiger partial charge in [0.05, 0.1) is 19.9 Å². The number of aliphatic imine (C=N–C) groups is 1. The lowest BCUT2D eigenvalue weighted by Gasteiger charge is -2.36. The molecule has 2 heterocycles. The summed E-state index contributed by atoms with van der Waals surface area (Å²) in [5.41, 5.74) is 3.44. The van der Waals surface area contributed by atoms with Gasteiger partial charge in [-0.3, -0.25) is 14.6 Å². The van der Waals surface area contributed by atoms with Crippen molar-refractivity contribution in [2.45, 2.75) is 33.4 Å². The number of guanidine groups is 1. The molecule has 1 aliphatic heterocycles. The Balaban J connectivity index is 0.00000363. The highest BCUT2D eigenvalue weighted by molar-refractivity contribution is 14.0. The van der Waals surface area contributed by atoms with Crippen molar-refractivity contribution in [3.63, 3.8) is 0 Å². The Morgan fingerprint density at radius 2 is 1.84 bits per heavy atom. The van der Waals surface area contributed by atoms with Gasteiger partial charge in [-0.2, -0.15) is 5.10 Å². The van der Waals surface area contributed by atoms with Crippen molar-refractivity contribution in [1.29, 1.82) is 0 Å². The van der Waals surface area contributed by atoms with E-state index in [0.717, 1.165) is 81.0 Å². The summed E-state index contributed by atoms with van der Waals surface area (Å²) in [4.78, 5) is 9.28. The molecular weight excluding hydrogens is 519 g/mol. The highest BCUT2D eigenvalue weighted by Crippen LogP contribution is 2.25. The molecule has 2 aromatic rings. The fourth-order valence-electron chi connectivity index (χ4n) is 4.03. The predicted molar refractivity (Wildman–Crippen MR) is 139 cm³/mol. The second kappa shape index (κ2) is 12.9. The predicted octanol–water partition coefficient (Wildman–Crippen LogP) is 2.92. The molecular formula is C23H37IN6O2. The van der Waals surface area contributed by atoms with E-state index in [0.29, 0.717) is 0 Å². The minimum absolute atomic E-state index is 0. The first kappa shape index (κ1) is 26.2. The van der Waals surface area contributed by atoms with Crippen LogP contribution in [0.4, 0.5) is 0 Å². The molecule has 0 saturated carbocycles. The highest BCUT2D eigenvalue weighted by atomic mass is 127. The van der Waals surface area contributed by atoms with Crippen molar-refractivity contribution in [1.82, 2.24) is 24.9 Å². The van der Waals surface area contributed by atoms with Crippen molar-refractivity contribution >= 4 is 29.9 Å². The zero-order valence-corrected chi connectivity index (χ0v) is 22.3. The summed E-state index contributed by atoms with van der Waals surface area (Å²) in [6, 6.07) is 8.09. The average Bonchev–Trinajstić information content (AvgIpc) is 3.11. The van der Waals surface area contributed by atoms with Crippen molar-refractivity contribution in [3.8, 4) is 11.5 Å². The molecule has 1 aromatic carbocycles. The van der Waals surface area contributed by atoms with Gasteiger partial charge in [0.1, 0.15) is 11.5 Å². The number of hydrogen-bond acceptors (Lipinski definition) is 5. The molecule has 0 aliphatic carbocycles. The SMILES string of the molecule is CN=C(NCCCn1nc(C)cc1C)N1CCN(Cc2cc(OC)ccc2OC)CC1.I. The molecule has 1 saturated heterocycles. The molecule has 178 valence electrons. The fraction of sp³-hybridized carbons (Fsp3) is 0.565. The molecule has 1 aliphatic rings. The highest BCUT2D eigenvalue weighted by Gasteiger charge is 2.20. The average molecular weight is 556 g/mol. The van der Waals surface area contributed by atoms with E-state index in [2.05, 4.69) is 48.9 Å². The molecule has 0 atom stereocenters. The number of hydrogen-bond donors (Lipinski definition) is 1. The minimum atomic E-state index is 0. The molecule has 0 amide bonds. The summed E-state index contributed by atoms with van der Waals surface area (Å²) in [6.45, 7) is 10.6. The summed E-state index contributed by atoms with van der Waals surface area (Å²) in [7, 11) is 5.27. The monoisotopic (exact) mass is 556 g/mol. The van der Waals surface area contributed by atoms with Crippen molar-refractivity contribution in [3.05, 3.63) is 41.2 Å². The topological polar surface area (TPSA) is 67.2 Å². The Hall–Kier alpha value is -2.01. The van der Waals surface area contributed by atoms with Gasteiger partial charge in [0, 0.05) is 64.1 Å². The first-order valence-corrected chi connectivity index (χ1v) is 10.9. The lowest BCUT2D eigenvalue weighted by molar-refractivity contribution is 0.171. The number of ether oxygens (including phenoxy) is 2. The van der Waals surface area contributed by atoms with Gasteiger partial charge in [0.2, 0.25) is 0 Å². The third-order valence-corrected chi connectivity index (χ3v) is 5.70. The van der Waals surface area contributed by atoms with Gasteiger partial charge in [-0.05, 0) is 44.5 Å². The van der Waals surface area contributed by atoms with Gasteiger partial charge in [-0.1, -0.05) is 0 Å². The molecule has 1 N–H and O–H groups in total. The molecule has 0 unspecified atom stereocenters. The van der Waals surface area contributed by atoms with Crippen LogP contribution in [0, 0.1) is 13.8 Å². The second-order valence-corrected chi connectivity index (χ2v) is 7.92.